The zero-order valence-electron chi connectivity index (χ0n) is 33.9. The van der Waals surface area contributed by atoms with Crippen molar-refractivity contribution in [2.45, 2.75) is 70.2 Å². The molecular weight excluding hydrogens is 779 g/mol. The summed E-state index contributed by atoms with van der Waals surface area (Å²) in [5, 5.41) is 20.5. The first-order chi connectivity index (χ1) is 29.5. The van der Waals surface area contributed by atoms with Gasteiger partial charge in [0.1, 0.15) is 17.0 Å². The normalized spacial score (nSPS) is 19.9. The van der Waals surface area contributed by atoms with Crippen LogP contribution < -0.4 is 26.4 Å². The first-order valence-corrected chi connectivity index (χ1v) is 20.8. The molecule has 4 amide bonds. The average Bonchev–Trinajstić information content (AvgIpc) is 3.89. The number of piperazine rings is 1. The van der Waals surface area contributed by atoms with E-state index in [9.17, 15) is 29.1 Å². The molecule has 9 rings (SSSR count). The van der Waals surface area contributed by atoms with E-state index in [-0.39, 0.29) is 49.2 Å². The lowest BCUT2D eigenvalue weighted by atomic mass is 9.98. The van der Waals surface area contributed by atoms with Crippen molar-refractivity contribution in [2.75, 3.05) is 48.3 Å². The van der Waals surface area contributed by atoms with Crippen LogP contribution in [0.3, 0.4) is 0 Å². The third-order valence-corrected chi connectivity index (χ3v) is 12.3. The van der Waals surface area contributed by atoms with Crippen LogP contribution in [-0.2, 0) is 39.5 Å². The second kappa shape index (κ2) is 15.9. The van der Waals surface area contributed by atoms with Gasteiger partial charge in [0, 0.05) is 86.5 Å². The molecule has 4 aliphatic rings. The minimum atomic E-state index is -1.02. The maximum atomic E-state index is 13.5. The van der Waals surface area contributed by atoms with Gasteiger partial charge in [0.25, 0.3) is 11.5 Å². The number of carbonyl (C=O) groups is 4. The van der Waals surface area contributed by atoms with Crippen LogP contribution in [-0.4, -0.2) is 102 Å². The number of hydrogen-bond donors (Lipinski definition) is 4. The van der Waals surface area contributed by atoms with Gasteiger partial charge in [0.2, 0.25) is 23.7 Å². The van der Waals surface area contributed by atoms with Crippen LogP contribution in [0, 0.1) is 0 Å². The molecule has 4 N–H and O–H groups in total. The summed E-state index contributed by atoms with van der Waals surface area (Å²) in [7, 11) is 0. The van der Waals surface area contributed by atoms with Crippen LogP contribution in [0.2, 0.25) is 0 Å². The standard InChI is InChI=1S/C44H47N11O6/c1-3-20-54-42(60)31-25-46-43(50-39(31)55(54)35-14-8-27-16-18-44(61,4-2)38(27)48-35)47-28-9-11-29(12-10-28)51-21-23-52(24-22-51)37(57)17-19-45-33-7-5-6-30-32(33)26-53(41(30)59)34-13-15-36(56)49-40(34)58/h3,5-12,14,25,34,45,61H,1,4,13,15-24,26H2,2H3,(H,46,47,50)(H,49,56,58)/t34?,44-/m1/s1. The van der Waals surface area contributed by atoms with Crippen molar-refractivity contribution in [3.63, 3.8) is 0 Å². The van der Waals surface area contributed by atoms with E-state index in [4.69, 9.17) is 9.97 Å². The van der Waals surface area contributed by atoms with Gasteiger partial charge in [0.15, 0.2) is 11.5 Å². The van der Waals surface area contributed by atoms with Crippen LogP contribution in [0.25, 0.3) is 16.9 Å². The lowest BCUT2D eigenvalue weighted by molar-refractivity contribution is -0.137. The van der Waals surface area contributed by atoms with Crippen LogP contribution in [0.5, 0.6) is 0 Å². The fraction of sp³-hybridized carbons (Fsp3) is 0.364. The number of aliphatic hydroxyl groups is 1. The summed E-state index contributed by atoms with van der Waals surface area (Å²) >= 11 is 0. The van der Waals surface area contributed by atoms with E-state index < -0.39 is 17.6 Å². The molecule has 3 aliphatic heterocycles. The Labute approximate surface area is 351 Å². The highest BCUT2D eigenvalue weighted by molar-refractivity contribution is 6.06. The molecule has 3 aromatic heterocycles. The number of benzene rings is 2. The number of aryl methyl sites for hydroxylation is 1. The molecule has 1 aliphatic carbocycles. The fourth-order valence-corrected chi connectivity index (χ4v) is 8.93. The number of piperidine rings is 1. The molecule has 2 fully saturated rings. The van der Waals surface area contributed by atoms with E-state index in [1.54, 1.807) is 22.9 Å². The number of hydrogen-bond acceptors (Lipinski definition) is 12. The van der Waals surface area contributed by atoms with Gasteiger partial charge >= 0.3 is 0 Å². The molecule has 314 valence electrons. The predicted octanol–water partition coefficient (Wildman–Crippen LogP) is 3.36. The third kappa shape index (κ3) is 7.28. The van der Waals surface area contributed by atoms with Gasteiger partial charge in [-0.15, -0.1) is 6.58 Å². The Kier molecular flexibility index (Phi) is 10.3. The smallest absolute Gasteiger partial charge is 0.278 e. The lowest BCUT2D eigenvalue weighted by Gasteiger charge is -2.36. The van der Waals surface area contributed by atoms with Gasteiger partial charge in [-0.3, -0.25) is 29.3 Å². The van der Waals surface area contributed by atoms with E-state index in [0.29, 0.717) is 86.0 Å². The second-order valence-corrected chi connectivity index (χ2v) is 15.9. The molecular formula is C44H47N11O6. The average molecular weight is 826 g/mol. The SMILES string of the molecule is C=CCn1c(=O)c2cnc(Nc3ccc(N4CCN(C(=O)CCNc5cccc6c5CN(C5CCC(=O)NC5=O)C6=O)CC4)cc3)nc2n1-c1ccc2c(n1)[C@@](O)(CC)CC2. The van der Waals surface area contributed by atoms with Gasteiger partial charge in [-0.2, -0.15) is 4.98 Å². The van der Waals surface area contributed by atoms with Crippen LogP contribution in [0.15, 0.2) is 78.2 Å². The maximum absolute atomic E-state index is 13.5. The predicted molar refractivity (Wildman–Crippen MR) is 228 cm³/mol. The summed E-state index contributed by atoms with van der Waals surface area (Å²) in [6.07, 6.45) is 5.80. The molecule has 17 nitrogen and oxygen atoms in total. The van der Waals surface area contributed by atoms with Crippen LogP contribution in [0.1, 0.15) is 66.2 Å². The van der Waals surface area contributed by atoms with Gasteiger partial charge < -0.3 is 30.4 Å². The van der Waals surface area contributed by atoms with Crippen LogP contribution in [0.4, 0.5) is 23.0 Å². The van der Waals surface area contributed by atoms with Crippen molar-refractivity contribution in [1.82, 2.24) is 39.4 Å². The number of nitrogens with zero attached hydrogens (tertiary/aromatic N) is 8. The summed E-state index contributed by atoms with van der Waals surface area (Å²) < 4.78 is 3.19. The summed E-state index contributed by atoms with van der Waals surface area (Å²) in [6, 6.07) is 16.4. The molecule has 6 heterocycles. The largest absolute Gasteiger partial charge is 0.384 e. The lowest BCUT2D eigenvalue weighted by Crippen LogP contribution is -2.52. The Morgan fingerprint density at radius 2 is 1.82 bits per heavy atom. The second-order valence-electron chi connectivity index (χ2n) is 15.9. The number of aromatic nitrogens is 5. The van der Waals surface area contributed by atoms with E-state index in [2.05, 4.69) is 32.4 Å². The number of rotatable bonds is 12. The highest BCUT2D eigenvalue weighted by Crippen LogP contribution is 2.39. The molecule has 17 heteroatoms. The molecule has 0 spiro atoms. The molecule has 61 heavy (non-hydrogen) atoms. The van der Waals surface area contributed by atoms with Crippen molar-refractivity contribution >= 4 is 57.7 Å². The number of amides is 4. The minimum Gasteiger partial charge on any atom is -0.384 e. The third-order valence-electron chi connectivity index (χ3n) is 12.3. The van der Waals surface area contributed by atoms with Crippen LogP contribution >= 0.6 is 0 Å². The molecule has 5 aromatic rings. The topological polar surface area (TPSA) is 200 Å². The van der Waals surface area contributed by atoms with Gasteiger partial charge in [-0.25, -0.2) is 19.3 Å². The quantitative estimate of drug-likeness (QED) is 0.106. The molecule has 0 bridgehead atoms. The monoisotopic (exact) mass is 825 g/mol. The number of allylic oxidation sites excluding steroid dienone is 1. The maximum Gasteiger partial charge on any atom is 0.278 e. The molecule has 0 radical (unpaired) electrons. The Morgan fingerprint density at radius 1 is 1.02 bits per heavy atom. The van der Waals surface area contributed by atoms with Crippen molar-refractivity contribution in [3.05, 3.63) is 106 Å². The van der Waals surface area contributed by atoms with E-state index in [1.165, 1.54) is 15.8 Å². The van der Waals surface area contributed by atoms with E-state index in [1.807, 2.05) is 54.3 Å². The molecule has 2 atom stereocenters. The van der Waals surface area contributed by atoms with E-state index >= 15 is 0 Å². The van der Waals surface area contributed by atoms with Gasteiger partial charge in [-0.05, 0) is 73.7 Å². The van der Waals surface area contributed by atoms with Crippen molar-refractivity contribution in [2.24, 2.45) is 0 Å². The molecule has 0 saturated carbocycles. The zero-order chi connectivity index (χ0) is 42.4. The Bertz CT molecular complexity index is 2650. The number of anilines is 4. The molecule has 2 aromatic carbocycles. The zero-order valence-corrected chi connectivity index (χ0v) is 33.9. The summed E-state index contributed by atoms with van der Waals surface area (Å²) in [4.78, 5) is 83.8. The Balaban J connectivity index is 0.807. The minimum absolute atomic E-state index is 0.0390. The fourth-order valence-electron chi connectivity index (χ4n) is 8.93. The summed E-state index contributed by atoms with van der Waals surface area (Å²) in [6.45, 7) is 9.15. The van der Waals surface area contributed by atoms with E-state index in [0.717, 1.165) is 34.6 Å². The number of fused-ring (bicyclic) bond motifs is 3. The van der Waals surface area contributed by atoms with Crippen molar-refractivity contribution in [1.29, 1.82) is 0 Å². The summed E-state index contributed by atoms with van der Waals surface area (Å²) in [5.74, 6) is -0.193. The van der Waals surface area contributed by atoms with Gasteiger partial charge in [-0.1, -0.05) is 25.1 Å². The van der Waals surface area contributed by atoms with Crippen molar-refractivity contribution < 1.29 is 24.3 Å². The Hall–Kier alpha value is -6.88. The first kappa shape index (κ1) is 39.6. The number of imide groups is 1. The van der Waals surface area contributed by atoms with Gasteiger partial charge in [0.05, 0.1) is 12.2 Å². The number of nitrogens with one attached hydrogen (secondary N) is 3. The first-order valence-electron chi connectivity index (χ1n) is 20.8. The molecule has 1 unspecified atom stereocenters. The molecule has 2 saturated heterocycles. The Morgan fingerprint density at radius 3 is 2.57 bits per heavy atom. The summed E-state index contributed by atoms with van der Waals surface area (Å²) in [5.41, 5.74) is 4.56. The number of pyridine rings is 1. The number of carbonyl (C=O) groups excluding carboxylic acids is 4. The highest BCUT2D eigenvalue weighted by atomic mass is 16.3. The van der Waals surface area contributed by atoms with Crippen molar-refractivity contribution in [3.8, 4) is 5.82 Å². The highest BCUT2D eigenvalue weighted by Gasteiger charge is 2.40.